The normalized spacial score (nSPS) is 31.4. The molecule has 96 valence electrons. The predicted octanol–water partition coefficient (Wildman–Crippen LogP) is 2.99. The summed E-state index contributed by atoms with van der Waals surface area (Å²) in [5.74, 6) is 0.738. The molecule has 0 radical (unpaired) electrons. The number of rotatable bonds is 3. The van der Waals surface area contributed by atoms with E-state index in [0.717, 1.165) is 31.6 Å². The molecule has 3 N–H and O–H groups in total. The Kier molecular flexibility index (Phi) is 4.08. The van der Waals surface area contributed by atoms with Gasteiger partial charge in [0, 0.05) is 12.0 Å². The fraction of sp³-hybridized carbons (Fsp3) is 0.750. The molecular formula is C12H19ClN2OS. The van der Waals surface area contributed by atoms with Crippen molar-refractivity contribution in [3.63, 3.8) is 0 Å². The van der Waals surface area contributed by atoms with Crippen molar-refractivity contribution in [1.29, 1.82) is 0 Å². The van der Waals surface area contributed by atoms with Crippen LogP contribution in [0.2, 0.25) is 4.34 Å². The Morgan fingerprint density at radius 3 is 2.76 bits per heavy atom. The molecule has 0 saturated heterocycles. The van der Waals surface area contributed by atoms with E-state index in [9.17, 15) is 5.11 Å². The van der Waals surface area contributed by atoms with Gasteiger partial charge in [-0.25, -0.2) is 4.98 Å². The highest BCUT2D eigenvalue weighted by Gasteiger charge is 2.41. The molecule has 0 amide bonds. The van der Waals surface area contributed by atoms with Crippen LogP contribution < -0.4 is 5.73 Å². The summed E-state index contributed by atoms with van der Waals surface area (Å²) >= 11 is 7.22. The molecule has 1 saturated carbocycles. The van der Waals surface area contributed by atoms with E-state index in [2.05, 4.69) is 11.9 Å². The number of halogens is 1. The number of aromatic nitrogens is 1. The summed E-state index contributed by atoms with van der Waals surface area (Å²) in [6, 6.07) is 0. The van der Waals surface area contributed by atoms with Crippen LogP contribution in [0, 0.1) is 11.3 Å². The molecule has 0 spiro atoms. The van der Waals surface area contributed by atoms with Crippen molar-refractivity contribution < 1.29 is 5.11 Å². The van der Waals surface area contributed by atoms with E-state index in [4.69, 9.17) is 17.3 Å². The Morgan fingerprint density at radius 2 is 2.29 bits per heavy atom. The second-order valence-corrected chi connectivity index (χ2v) is 6.85. The summed E-state index contributed by atoms with van der Waals surface area (Å²) in [6.45, 7) is 2.77. The highest BCUT2D eigenvalue weighted by atomic mass is 35.5. The fourth-order valence-electron chi connectivity index (χ4n) is 2.58. The Bertz CT molecular complexity index is 374. The van der Waals surface area contributed by atoms with Gasteiger partial charge in [-0.15, -0.1) is 11.3 Å². The van der Waals surface area contributed by atoms with E-state index >= 15 is 0 Å². The summed E-state index contributed by atoms with van der Waals surface area (Å²) in [4.78, 5) is 4.18. The lowest BCUT2D eigenvalue weighted by atomic mass is 9.67. The Labute approximate surface area is 111 Å². The molecule has 1 atom stereocenters. The summed E-state index contributed by atoms with van der Waals surface area (Å²) in [6.07, 6.45) is 5.24. The zero-order valence-corrected chi connectivity index (χ0v) is 11.6. The van der Waals surface area contributed by atoms with E-state index in [1.165, 1.54) is 11.3 Å². The second-order valence-electron chi connectivity index (χ2n) is 5.15. The van der Waals surface area contributed by atoms with Crippen molar-refractivity contribution >= 4 is 22.9 Å². The second kappa shape index (κ2) is 5.22. The van der Waals surface area contributed by atoms with E-state index in [-0.39, 0.29) is 5.41 Å². The third-order valence-electron chi connectivity index (χ3n) is 3.99. The topological polar surface area (TPSA) is 59.1 Å². The molecule has 1 fully saturated rings. The van der Waals surface area contributed by atoms with Crippen LogP contribution in [0.1, 0.15) is 43.7 Å². The minimum Gasteiger partial charge on any atom is -0.385 e. The monoisotopic (exact) mass is 274 g/mol. The van der Waals surface area contributed by atoms with Gasteiger partial charge in [0.2, 0.25) is 0 Å². The standard InChI is InChI=1S/C12H19ClN2OS/c1-8-2-4-12(7-14,5-3-8)10(16)11-15-6-9(13)17-11/h6,8,10,16H,2-5,7,14H2,1H3. The van der Waals surface area contributed by atoms with Crippen LogP contribution in [0.25, 0.3) is 0 Å². The molecule has 17 heavy (non-hydrogen) atoms. The van der Waals surface area contributed by atoms with Crippen molar-refractivity contribution in [3.05, 3.63) is 15.5 Å². The zero-order valence-electron chi connectivity index (χ0n) is 10.0. The van der Waals surface area contributed by atoms with E-state index in [1.54, 1.807) is 6.20 Å². The van der Waals surface area contributed by atoms with Gasteiger partial charge in [0.15, 0.2) is 0 Å². The summed E-state index contributed by atoms with van der Waals surface area (Å²) in [5, 5.41) is 11.2. The SMILES string of the molecule is CC1CCC(CN)(C(O)c2ncc(Cl)s2)CC1. The molecule has 1 aromatic heterocycles. The maximum absolute atomic E-state index is 10.5. The Balaban J connectivity index is 2.17. The van der Waals surface area contributed by atoms with Crippen LogP contribution in [0.15, 0.2) is 6.20 Å². The van der Waals surface area contributed by atoms with Crippen LogP contribution in [0.4, 0.5) is 0 Å². The zero-order chi connectivity index (χ0) is 12.5. The first-order chi connectivity index (χ1) is 8.07. The Morgan fingerprint density at radius 1 is 1.65 bits per heavy atom. The van der Waals surface area contributed by atoms with Gasteiger partial charge >= 0.3 is 0 Å². The molecule has 0 aliphatic heterocycles. The van der Waals surface area contributed by atoms with Crippen LogP contribution in [-0.2, 0) is 0 Å². The average molecular weight is 275 g/mol. The van der Waals surface area contributed by atoms with Crippen LogP contribution in [0.5, 0.6) is 0 Å². The van der Waals surface area contributed by atoms with Crippen LogP contribution in [0.3, 0.4) is 0 Å². The van der Waals surface area contributed by atoms with Crippen LogP contribution in [-0.4, -0.2) is 16.6 Å². The number of nitrogens with two attached hydrogens (primary N) is 1. The minimum atomic E-state index is -0.572. The quantitative estimate of drug-likeness (QED) is 0.891. The number of aliphatic hydroxyl groups is 1. The van der Waals surface area contributed by atoms with Crippen molar-refractivity contribution in [1.82, 2.24) is 4.98 Å². The first kappa shape index (κ1) is 13.3. The highest BCUT2D eigenvalue weighted by molar-refractivity contribution is 7.15. The smallest absolute Gasteiger partial charge is 0.123 e. The third-order valence-corrected chi connectivity index (χ3v) is 5.15. The first-order valence-electron chi connectivity index (χ1n) is 6.07. The van der Waals surface area contributed by atoms with Crippen molar-refractivity contribution in [2.24, 2.45) is 17.1 Å². The lowest BCUT2D eigenvalue weighted by molar-refractivity contribution is -0.00829. The maximum Gasteiger partial charge on any atom is 0.123 e. The van der Waals surface area contributed by atoms with Gasteiger partial charge in [0.25, 0.3) is 0 Å². The number of nitrogens with zero attached hydrogens (tertiary/aromatic N) is 1. The molecule has 3 nitrogen and oxygen atoms in total. The summed E-state index contributed by atoms with van der Waals surface area (Å²) < 4.78 is 0.621. The lowest BCUT2D eigenvalue weighted by Crippen LogP contribution is -2.39. The van der Waals surface area contributed by atoms with Crippen LogP contribution >= 0.6 is 22.9 Å². The third kappa shape index (κ3) is 2.65. The predicted molar refractivity (Wildman–Crippen MR) is 71.2 cm³/mol. The van der Waals surface area contributed by atoms with Gasteiger partial charge in [-0.05, 0) is 18.8 Å². The van der Waals surface area contributed by atoms with Crippen molar-refractivity contribution in [2.45, 2.75) is 38.7 Å². The molecule has 0 aromatic carbocycles. The van der Waals surface area contributed by atoms with Gasteiger partial charge in [-0.2, -0.15) is 0 Å². The van der Waals surface area contributed by atoms with Gasteiger partial charge in [0.05, 0.1) is 6.20 Å². The molecule has 1 heterocycles. The minimum absolute atomic E-state index is 0.201. The molecule has 0 bridgehead atoms. The first-order valence-corrected chi connectivity index (χ1v) is 7.26. The van der Waals surface area contributed by atoms with Gasteiger partial charge in [-0.3, -0.25) is 0 Å². The van der Waals surface area contributed by atoms with E-state index < -0.39 is 6.10 Å². The van der Waals surface area contributed by atoms with Crippen molar-refractivity contribution in [2.75, 3.05) is 6.54 Å². The van der Waals surface area contributed by atoms with Crippen molar-refractivity contribution in [3.8, 4) is 0 Å². The number of hydrogen-bond acceptors (Lipinski definition) is 4. The number of hydrogen-bond donors (Lipinski definition) is 2. The summed E-state index contributed by atoms with van der Waals surface area (Å²) in [5.41, 5.74) is 5.71. The van der Waals surface area contributed by atoms with Gasteiger partial charge < -0.3 is 10.8 Å². The van der Waals surface area contributed by atoms with Gasteiger partial charge in [-0.1, -0.05) is 31.4 Å². The number of thiazole rings is 1. The molecule has 1 aliphatic rings. The van der Waals surface area contributed by atoms with Gasteiger partial charge in [0.1, 0.15) is 15.4 Å². The van der Waals surface area contributed by atoms with E-state index in [0.29, 0.717) is 15.9 Å². The lowest BCUT2D eigenvalue weighted by Gasteiger charge is -2.41. The fourth-order valence-corrected chi connectivity index (χ4v) is 3.64. The molecular weight excluding hydrogens is 256 g/mol. The molecule has 2 rings (SSSR count). The highest BCUT2D eigenvalue weighted by Crippen LogP contribution is 2.47. The van der Waals surface area contributed by atoms with E-state index in [1.807, 2.05) is 0 Å². The average Bonchev–Trinajstić information content (AvgIpc) is 2.76. The molecule has 1 aliphatic carbocycles. The number of aliphatic hydroxyl groups excluding tert-OH is 1. The largest absolute Gasteiger partial charge is 0.385 e. The Hall–Kier alpha value is -0.160. The molecule has 1 aromatic rings. The summed E-state index contributed by atoms with van der Waals surface area (Å²) in [7, 11) is 0. The molecule has 1 unspecified atom stereocenters. The molecule has 5 heteroatoms. The maximum atomic E-state index is 10.5.